The van der Waals surface area contributed by atoms with Crippen molar-refractivity contribution in [1.29, 1.82) is 0 Å². The Morgan fingerprint density at radius 2 is 2.24 bits per heavy atom. The molecule has 1 aromatic heterocycles. The van der Waals surface area contributed by atoms with Crippen LogP contribution in [0.15, 0.2) is 12.3 Å². The van der Waals surface area contributed by atoms with E-state index in [1.54, 1.807) is 13.0 Å². The summed E-state index contributed by atoms with van der Waals surface area (Å²) in [6, 6.07) is 1.54. The normalized spacial score (nSPS) is 9.76. The number of methoxy groups -OCH3 is 1. The largest absolute Gasteiger partial charge is 0.480 e. The van der Waals surface area contributed by atoms with Gasteiger partial charge in [-0.15, -0.1) is 0 Å². The number of ether oxygens (including phenoxy) is 1. The summed E-state index contributed by atoms with van der Waals surface area (Å²) in [5, 5.41) is 8.72. The molecule has 0 bridgehead atoms. The number of hydrogen-bond acceptors (Lipinski definition) is 6. The second-order valence-corrected chi connectivity index (χ2v) is 3.14. The monoisotopic (exact) mass is 239 g/mol. The number of hydrogen-bond donors (Lipinski definition) is 1. The van der Waals surface area contributed by atoms with Gasteiger partial charge in [0.25, 0.3) is 0 Å². The first kappa shape index (κ1) is 12.9. The number of carbonyl (C=O) groups is 2. The molecule has 0 aliphatic carbocycles. The molecule has 17 heavy (non-hydrogen) atoms. The van der Waals surface area contributed by atoms with Crippen LogP contribution in [0.2, 0.25) is 0 Å². The number of nitrogens with zero attached hydrogens (tertiary/aromatic N) is 3. The molecule has 0 fully saturated rings. The van der Waals surface area contributed by atoms with Crippen LogP contribution < -0.4 is 4.90 Å². The van der Waals surface area contributed by atoms with Gasteiger partial charge >= 0.3 is 11.9 Å². The number of likely N-dealkylation sites (N-methyl/N-ethyl adjacent to an activating group) is 1. The number of carbonyl (C=O) groups excluding carboxylic acids is 1. The maximum absolute atomic E-state index is 11.2. The van der Waals surface area contributed by atoms with Gasteiger partial charge in [0.2, 0.25) is 5.82 Å². The van der Waals surface area contributed by atoms with Crippen molar-refractivity contribution in [3.8, 4) is 0 Å². The summed E-state index contributed by atoms with van der Waals surface area (Å²) >= 11 is 0. The average molecular weight is 239 g/mol. The lowest BCUT2D eigenvalue weighted by Crippen LogP contribution is -2.30. The Kier molecular flexibility index (Phi) is 4.38. The second kappa shape index (κ2) is 5.78. The van der Waals surface area contributed by atoms with E-state index in [4.69, 9.17) is 5.11 Å². The third-order valence-corrected chi connectivity index (χ3v) is 2.04. The summed E-state index contributed by atoms with van der Waals surface area (Å²) in [6.45, 7) is 2.07. The number of rotatable bonds is 5. The Hall–Kier alpha value is -2.18. The molecular formula is C10H13N3O4. The average Bonchev–Trinajstić information content (AvgIpc) is 2.34. The quantitative estimate of drug-likeness (QED) is 0.732. The highest BCUT2D eigenvalue weighted by molar-refractivity contribution is 5.85. The van der Waals surface area contributed by atoms with Crippen LogP contribution in [-0.2, 0) is 9.53 Å². The van der Waals surface area contributed by atoms with Crippen LogP contribution in [0.25, 0.3) is 0 Å². The Bertz CT molecular complexity index is 422. The van der Waals surface area contributed by atoms with Gasteiger partial charge in [0, 0.05) is 12.7 Å². The fourth-order valence-electron chi connectivity index (χ4n) is 1.23. The fourth-order valence-corrected chi connectivity index (χ4v) is 1.23. The van der Waals surface area contributed by atoms with E-state index in [9.17, 15) is 9.59 Å². The SMILES string of the molecule is CCN(CC(=O)O)c1ccnc(C(=O)OC)n1. The van der Waals surface area contributed by atoms with Gasteiger partial charge in [-0.1, -0.05) is 0 Å². The minimum atomic E-state index is -0.968. The van der Waals surface area contributed by atoms with Crippen LogP contribution in [0.3, 0.4) is 0 Å². The summed E-state index contributed by atoms with van der Waals surface area (Å²) in [5.41, 5.74) is 0. The van der Waals surface area contributed by atoms with Crippen molar-refractivity contribution in [3.63, 3.8) is 0 Å². The molecule has 0 unspecified atom stereocenters. The Morgan fingerprint density at radius 1 is 1.53 bits per heavy atom. The van der Waals surface area contributed by atoms with E-state index in [2.05, 4.69) is 14.7 Å². The first-order valence-corrected chi connectivity index (χ1v) is 4.96. The molecule has 7 heteroatoms. The van der Waals surface area contributed by atoms with Crippen molar-refractivity contribution >= 4 is 17.8 Å². The van der Waals surface area contributed by atoms with Gasteiger partial charge in [0.1, 0.15) is 12.4 Å². The lowest BCUT2D eigenvalue weighted by molar-refractivity contribution is -0.135. The number of anilines is 1. The number of esters is 1. The summed E-state index contributed by atoms with van der Waals surface area (Å²) < 4.78 is 4.49. The summed E-state index contributed by atoms with van der Waals surface area (Å²) in [4.78, 5) is 31.1. The molecule has 0 saturated heterocycles. The highest BCUT2D eigenvalue weighted by Crippen LogP contribution is 2.09. The van der Waals surface area contributed by atoms with Gasteiger partial charge in [0.15, 0.2) is 0 Å². The predicted molar refractivity (Wildman–Crippen MR) is 58.9 cm³/mol. The Balaban J connectivity index is 2.96. The molecule has 1 rings (SSSR count). The van der Waals surface area contributed by atoms with Crippen LogP contribution in [0.1, 0.15) is 17.5 Å². The summed E-state index contributed by atoms with van der Waals surface area (Å²) in [6.07, 6.45) is 1.39. The molecule has 0 aliphatic heterocycles. The van der Waals surface area contributed by atoms with Gasteiger partial charge in [0.05, 0.1) is 7.11 Å². The smallest absolute Gasteiger partial charge is 0.376 e. The first-order chi connectivity index (χ1) is 8.08. The fraction of sp³-hybridized carbons (Fsp3) is 0.400. The van der Waals surface area contributed by atoms with Crippen molar-refractivity contribution in [1.82, 2.24) is 9.97 Å². The molecule has 1 heterocycles. The van der Waals surface area contributed by atoms with Gasteiger partial charge in [-0.25, -0.2) is 14.8 Å². The molecule has 0 saturated carbocycles. The third kappa shape index (κ3) is 3.40. The van der Waals surface area contributed by atoms with Crippen LogP contribution in [0.4, 0.5) is 5.82 Å². The van der Waals surface area contributed by atoms with E-state index in [0.29, 0.717) is 12.4 Å². The van der Waals surface area contributed by atoms with E-state index < -0.39 is 11.9 Å². The second-order valence-electron chi connectivity index (χ2n) is 3.14. The van der Waals surface area contributed by atoms with E-state index in [0.717, 1.165) is 0 Å². The van der Waals surface area contributed by atoms with Crippen molar-refractivity contribution in [2.45, 2.75) is 6.92 Å². The highest BCUT2D eigenvalue weighted by atomic mass is 16.5. The molecular weight excluding hydrogens is 226 g/mol. The number of aliphatic carboxylic acids is 1. The zero-order valence-electron chi connectivity index (χ0n) is 9.58. The Labute approximate surface area is 98.1 Å². The highest BCUT2D eigenvalue weighted by Gasteiger charge is 2.14. The van der Waals surface area contributed by atoms with Gasteiger partial charge in [-0.05, 0) is 13.0 Å². The molecule has 0 radical (unpaired) electrons. The van der Waals surface area contributed by atoms with Gasteiger partial charge in [-0.2, -0.15) is 0 Å². The molecule has 7 nitrogen and oxygen atoms in total. The number of carboxylic acids is 1. The van der Waals surface area contributed by atoms with Gasteiger partial charge in [-0.3, -0.25) is 4.79 Å². The number of aromatic nitrogens is 2. The van der Waals surface area contributed by atoms with Crippen molar-refractivity contribution in [2.75, 3.05) is 25.1 Å². The van der Waals surface area contributed by atoms with Crippen molar-refractivity contribution in [3.05, 3.63) is 18.1 Å². The van der Waals surface area contributed by atoms with Crippen molar-refractivity contribution in [2.24, 2.45) is 0 Å². The van der Waals surface area contributed by atoms with Crippen LogP contribution >= 0.6 is 0 Å². The first-order valence-electron chi connectivity index (χ1n) is 4.96. The molecule has 1 aromatic rings. The van der Waals surface area contributed by atoms with E-state index >= 15 is 0 Å². The summed E-state index contributed by atoms with van der Waals surface area (Å²) in [7, 11) is 1.23. The van der Waals surface area contributed by atoms with E-state index in [1.807, 2.05) is 0 Å². The molecule has 0 spiro atoms. The predicted octanol–water partition coefficient (Wildman–Crippen LogP) is 0.174. The lowest BCUT2D eigenvalue weighted by Gasteiger charge is -2.19. The van der Waals surface area contributed by atoms with Crippen molar-refractivity contribution < 1.29 is 19.4 Å². The van der Waals surface area contributed by atoms with Crippen LogP contribution in [0.5, 0.6) is 0 Å². The molecule has 1 N–H and O–H groups in total. The van der Waals surface area contributed by atoms with Crippen LogP contribution in [-0.4, -0.2) is 47.2 Å². The third-order valence-electron chi connectivity index (χ3n) is 2.04. The van der Waals surface area contributed by atoms with Crippen LogP contribution in [0, 0.1) is 0 Å². The maximum Gasteiger partial charge on any atom is 0.376 e. The number of carboxylic acid groups (broad SMARTS) is 1. The molecule has 0 aromatic carbocycles. The minimum Gasteiger partial charge on any atom is -0.480 e. The topological polar surface area (TPSA) is 92.6 Å². The standard InChI is InChI=1S/C10H13N3O4/c1-3-13(6-8(14)15)7-4-5-11-9(12-7)10(16)17-2/h4-5H,3,6H2,1-2H3,(H,14,15). The molecule has 0 atom stereocenters. The zero-order chi connectivity index (χ0) is 12.8. The van der Waals surface area contributed by atoms with E-state index in [-0.39, 0.29) is 12.4 Å². The molecule has 92 valence electrons. The lowest BCUT2D eigenvalue weighted by atomic mass is 10.4. The van der Waals surface area contributed by atoms with E-state index in [1.165, 1.54) is 18.2 Å². The zero-order valence-corrected chi connectivity index (χ0v) is 9.58. The Morgan fingerprint density at radius 3 is 2.76 bits per heavy atom. The maximum atomic E-state index is 11.2. The van der Waals surface area contributed by atoms with Gasteiger partial charge < -0.3 is 14.7 Å². The molecule has 0 amide bonds. The molecule has 0 aliphatic rings. The summed E-state index contributed by atoms with van der Waals surface area (Å²) in [5.74, 6) is -1.33. The minimum absolute atomic E-state index is 0.0890.